The Bertz CT molecular complexity index is 794. The summed E-state index contributed by atoms with van der Waals surface area (Å²) < 4.78 is 5.46. The second kappa shape index (κ2) is 8.63. The lowest BCUT2D eigenvalue weighted by Crippen LogP contribution is -2.48. The van der Waals surface area contributed by atoms with E-state index >= 15 is 0 Å². The number of hydrogen-bond donors (Lipinski definition) is 1. The third-order valence-electron chi connectivity index (χ3n) is 4.86. The molecule has 0 aromatic heterocycles. The molecule has 1 saturated heterocycles. The SMILES string of the molecule is COc1ccccc1N1CCN(CC(=O)Nc2c(C)cc(C)cc2Cl)CC1. The van der Waals surface area contributed by atoms with Gasteiger partial charge in [0.1, 0.15) is 5.75 Å². The lowest BCUT2D eigenvalue weighted by atomic mass is 10.1. The highest BCUT2D eigenvalue weighted by molar-refractivity contribution is 6.34. The number of carbonyl (C=O) groups excluding carboxylic acids is 1. The molecule has 144 valence electrons. The third kappa shape index (κ3) is 4.73. The van der Waals surface area contributed by atoms with Gasteiger partial charge < -0.3 is 15.0 Å². The summed E-state index contributed by atoms with van der Waals surface area (Å²) in [4.78, 5) is 16.9. The number of anilines is 2. The Morgan fingerprint density at radius 3 is 2.52 bits per heavy atom. The van der Waals surface area contributed by atoms with Gasteiger partial charge in [0.2, 0.25) is 5.91 Å². The number of ether oxygens (including phenoxy) is 1. The van der Waals surface area contributed by atoms with Crippen molar-refractivity contribution in [2.24, 2.45) is 0 Å². The van der Waals surface area contributed by atoms with Crippen LogP contribution in [0.4, 0.5) is 11.4 Å². The fourth-order valence-electron chi connectivity index (χ4n) is 3.49. The van der Waals surface area contributed by atoms with E-state index in [9.17, 15) is 4.79 Å². The van der Waals surface area contributed by atoms with Gasteiger partial charge in [-0.3, -0.25) is 9.69 Å². The molecule has 1 fully saturated rings. The molecule has 1 N–H and O–H groups in total. The molecule has 1 aliphatic heterocycles. The fourth-order valence-corrected chi connectivity index (χ4v) is 3.86. The summed E-state index contributed by atoms with van der Waals surface area (Å²) in [5.41, 5.74) is 3.88. The molecule has 0 aliphatic carbocycles. The van der Waals surface area contributed by atoms with Crippen LogP contribution in [0.3, 0.4) is 0 Å². The standard InChI is InChI=1S/C21H26ClN3O2/c1-15-12-16(2)21(17(22)13-15)23-20(26)14-24-8-10-25(11-9-24)18-6-4-5-7-19(18)27-3/h4-7,12-13H,8-11,14H2,1-3H3,(H,23,26). The summed E-state index contributed by atoms with van der Waals surface area (Å²) in [6.07, 6.45) is 0. The van der Waals surface area contributed by atoms with Crippen molar-refractivity contribution in [1.29, 1.82) is 0 Å². The summed E-state index contributed by atoms with van der Waals surface area (Å²) in [6, 6.07) is 11.9. The van der Waals surface area contributed by atoms with E-state index in [2.05, 4.69) is 21.2 Å². The second-order valence-electron chi connectivity index (χ2n) is 6.92. The number of piperazine rings is 1. The van der Waals surface area contributed by atoms with Crippen molar-refractivity contribution in [3.05, 3.63) is 52.5 Å². The lowest BCUT2D eigenvalue weighted by Gasteiger charge is -2.36. The highest BCUT2D eigenvalue weighted by Gasteiger charge is 2.21. The second-order valence-corrected chi connectivity index (χ2v) is 7.33. The molecule has 2 aromatic rings. The van der Waals surface area contributed by atoms with Crippen molar-refractivity contribution in [3.63, 3.8) is 0 Å². The van der Waals surface area contributed by atoms with Gasteiger partial charge in [-0.2, -0.15) is 0 Å². The zero-order valence-electron chi connectivity index (χ0n) is 16.1. The minimum Gasteiger partial charge on any atom is -0.495 e. The highest BCUT2D eigenvalue weighted by Crippen LogP contribution is 2.29. The first-order chi connectivity index (χ1) is 13.0. The molecule has 0 bridgehead atoms. The van der Waals surface area contributed by atoms with E-state index in [0.717, 1.165) is 48.7 Å². The van der Waals surface area contributed by atoms with Crippen LogP contribution in [0.2, 0.25) is 5.02 Å². The van der Waals surface area contributed by atoms with E-state index < -0.39 is 0 Å². The van der Waals surface area contributed by atoms with Gasteiger partial charge in [-0.1, -0.05) is 29.8 Å². The maximum atomic E-state index is 12.5. The number of rotatable bonds is 5. The first-order valence-electron chi connectivity index (χ1n) is 9.15. The molecule has 1 aliphatic rings. The number of aryl methyl sites for hydroxylation is 2. The quantitative estimate of drug-likeness (QED) is 0.849. The van der Waals surface area contributed by atoms with Gasteiger partial charge in [-0.05, 0) is 43.2 Å². The predicted octanol–water partition coefficient (Wildman–Crippen LogP) is 3.73. The van der Waals surface area contributed by atoms with E-state index in [1.165, 1.54) is 0 Å². The van der Waals surface area contributed by atoms with Crippen LogP contribution >= 0.6 is 11.6 Å². The van der Waals surface area contributed by atoms with Crippen LogP contribution in [0.5, 0.6) is 5.75 Å². The monoisotopic (exact) mass is 387 g/mol. The molecule has 1 amide bonds. The van der Waals surface area contributed by atoms with Crippen molar-refractivity contribution >= 4 is 28.9 Å². The average molecular weight is 388 g/mol. The number of nitrogens with zero attached hydrogens (tertiary/aromatic N) is 2. The average Bonchev–Trinajstić information content (AvgIpc) is 2.65. The van der Waals surface area contributed by atoms with Gasteiger partial charge in [0.15, 0.2) is 0 Å². The van der Waals surface area contributed by atoms with E-state index in [4.69, 9.17) is 16.3 Å². The Morgan fingerprint density at radius 1 is 1.15 bits per heavy atom. The van der Waals surface area contributed by atoms with Crippen LogP contribution in [-0.2, 0) is 4.79 Å². The van der Waals surface area contributed by atoms with E-state index in [-0.39, 0.29) is 5.91 Å². The van der Waals surface area contributed by atoms with E-state index in [1.54, 1.807) is 7.11 Å². The first-order valence-corrected chi connectivity index (χ1v) is 9.52. The fraction of sp³-hybridized carbons (Fsp3) is 0.381. The summed E-state index contributed by atoms with van der Waals surface area (Å²) in [6.45, 7) is 7.68. The number of amides is 1. The normalized spacial score (nSPS) is 14.9. The predicted molar refractivity (Wildman–Crippen MR) is 111 cm³/mol. The molecule has 3 rings (SSSR count). The number of para-hydroxylation sites is 2. The maximum Gasteiger partial charge on any atom is 0.238 e. The zero-order valence-corrected chi connectivity index (χ0v) is 16.8. The summed E-state index contributed by atoms with van der Waals surface area (Å²) in [7, 11) is 1.69. The molecule has 27 heavy (non-hydrogen) atoms. The molecule has 6 heteroatoms. The van der Waals surface area contributed by atoms with Crippen LogP contribution in [0, 0.1) is 13.8 Å². The molecule has 1 heterocycles. The van der Waals surface area contributed by atoms with Crippen molar-refractivity contribution in [1.82, 2.24) is 4.90 Å². The van der Waals surface area contributed by atoms with Crippen LogP contribution in [0.25, 0.3) is 0 Å². The number of methoxy groups -OCH3 is 1. The first kappa shape index (κ1) is 19.5. The molecular formula is C21H26ClN3O2. The van der Waals surface area contributed by atoms with Gasteiger partial charge in [0.25, 0.3) is 0 Å². The van der Waals surface area contributed by atoms with Gasteiger partial charge in [-0.15, -0.1) is 0 Å². The van der Waals surface area contributed by atoms with E-state index in [0.29, 0.717) is 17.3 Å². The smallest absolute Gasteiger partial charge is 0.238 e. The Kier molecular flexibility index (Phi) is 6.24. The van der Waals surface area contributed by atoms with Crippen molar-refractivity contribution in [3.8, 4) is 5.75 Å². The van der Waals surface area contributed by atoms with E-state index in [1.807, 2.05) is 44.2 Å². The summed E-state index contributed by atoms with van der Waals surface area (Å²) in [5, 5.41) is 3.55. The number of hydrogen-bond acceptors (Lipinski definition) is 4. The van der Waals surface area contributed by atoms with Crippen LogP contribution in [0.15, 0.2) is 36.4 Å². The summed E-state index contributed by atoms with van der Waals surface area (Å²) >= 11 is 6.29. The van der Waals surface area contributed by atoms with Crippen LogP contribution in [0.1, 0.15) is 11.1 Å². The van der Waals surface area contributed by atoms with Gasteiger partial charge in [-0.25, -0.2) is 0 Å². The summed E-state index contributed by atoms with van der Waals surface area (Å²) in [5.74, 6) is 0.850. The van der Waals surface area contributed by atoms with Crippen molar-refractivity contribution in [2.75, 3.05) is 50.1 Å². The lowest BCUT2D eigenvalue weighted by molar-refractivity contribution is -0.117. The Labute approximate surface area is 165 Å². The minimum absolute atomic E-state index is 0.0328. The molecule has 2 aromatic carbocycles. The number of nitrogens with one attached hydrogen (secondary N) is 1. The molecular weight excluding hydrogens is 362 g/mol. The van der Waals surface area contributed by atoms with Gasteiger partial charge in [0, 0.05) is 26.2 Å². The van der Waals surface area contributed by atoms with Crippen molar-refractivity contribution in [2.45, 2.75) is 13.8 Å². The topological polar surface area (TPSA) is 44.8 Å². The Balaban J connectivity index is 1.56. The Morgan fingerprint density at radius 2 is 1.85 bits per heavy atom. The van der Waals surface area contributed by atoms with Crippen molar-refractivity contribution < 1.29 is 9.53 Å². The number of carbonyl (C=O) groups is 1. The highest BCUT2D eigenvalue weighted by atomic mass is 35.5. The molecule has 0 radical (unpaired) electrons. The zero-order chi connectivity index (χ0) is 19.4. The number of benzene rings is 2. The molecule has 0 spiro atoms. The van der Waals surface area contributed by atoms with Gasteiger partial charge >= 0.3 is 0 Å². The molecule has 0 unspecified atom stereocenters. The van der Waals surface area contributed by atoms with Crippen LogP contribution in [-0.4, -0.2) is 50.6 Å². The third-order valence-corrected chi connectivity index (χ3v) is 5.16. The Hall–Kier alpha value is -2.24. The molecule has 0 atom stereocenters. The molecule has 5 nitrogen and oxygen atoms in total. The minimum atomic E-state index is -0.0328. The van der Waals surface area contributed by atoms with Gasteiger partial charge in [0.05, 0.1) is 30.1 Å². The van der Waals surface area contributed by atoms with Crippen LogP contribution < -0.4 is 15.0 Å². The molecule has 0 saturated carbocycles. The largest absolute Gasteiger partial charge is 0.495 e. The number of halogens is 1. The maximum absolute atomic E-state index is 12.5.